The first-order chi connectivity index (χ1) is 11.0. The molecular weight excluding hydrogens is 372 g/mol. The quantitative estimate of drug-likeness (QED) is 0.534. The first-order valence-electron chi connectivity index (χ1n) is 6.36. The molecule has 2 rings (SSSR count). The van der Waals surface area contributed by atoms with Gasteiger partial charge < -0.3 is 11.1 Å². The van der Waals surface area contributed by atoms with E-state index in [4.69, 9.17) is 5.73 Å². The largest absolute Gasteiger partial charge is 0.366 e. The van der Waals surface area contributed by atoms with Crippen LogP contribution in [-0.2, 0) is 4.79 Å². The molecule has 2 amide bonds. The maximum atomic E-state index is 11.9. The van der Waals surface area contributed by atoms with Crippen molar-refractivity contribution >= 4 is 63.0 Å². The Morgan fingerprint density at radius 2 is 1.96 bits per heavy atom. The van der Waals surface area contributed by atoms with Crippen LogP contribution in [0.5, 0.6) is 0 Å². The van der Waals surface area contributed by atoms with Crippen LogP contribution in [0.1, 0.15) is 17.3 Å². The van der Waals surface area contributed by atoms with Gasteiger partial charge in [0.05, 0.1) is 11.3 Å². The Balaban J connectivity index is 1.83. The molecule has 6 nitrogen and oxygen atoms in total. The number of hydrogen-bond acceptors (Lipinski definition) is 8. The van der Waals surface area contributed by atoms with Gasteiger partial charge in [-0.2, -0.15) is 0 Å². The molecule has 0 radical (unpaired) electrons. The summed E-state index contributed by atoms with van der Waals surface area (Å²) in [5.74, 6) is 0.216. The van der Waals surface area contributed by atoms with Crippen LogP contribution in [0.2, 0.25) is 0 Å². The van der Waals surface area contributed by atoms with Crippen molar-refractivity contribution in [3.05, 3.63) is 29.2 Å². The van der Waals surface area contributed by atoms with Gasteiger partial charge >= 0.3 is 0 Å². The van der Waals surface area contributed by atoms with Gasteiger partial charge in [0.2, 0.25) is 5.91 Å². The number of primary amides is 1. The summed E-state index contributed by atoms with van der Waals surface area (Å²) in [6.45, 7) is 5.79. The predicted molar refractivity (Wildman–Crippen MR) is 97.6 cm³/mol. The van der Waals surface area contributed by atoms with Crippen LogP contribution >= 0.6 is 46.2 Å². The molecule has 0 aliphatic carbocycles. The van der Waals surface area contributed by atoms with E-state index in [1.807, 2.05) is 6.92 Å². The zero-order chi connectivity index (χ0) is 16.8. The van der Waals surface area contributed by atoms with Gasteiger partial charge in [-0.15, -0.1) is 21.5 Å². The summed E-state index contributed by atoms with van der Waals surface area (Å²) in [6.07, 6.45) is 0. The molecule has 3 N–H and O–H groups in total. The van der Waals surface area contributed by atoms with E-state index in [1.165, 1.54) is 34.4 Å². The lowest BCUT2D eigenvalue weighted by Crippen LogP contribution is -2.17. The van der Waals surface area contributed by atoms with Gasteiger partial charge in [-0.3, -0.25) is 9.59 Å². The number of rotatable bonds is 8. The van der Waals surface area contributed by atoms with Crippen molar-refractivity contribution in [1.82, 2.24) is 10.2 Å². The molecule has 0 spiro atoms. The molecule has 2 aromatic heterocycles. The third-order valence-electron chi connectivity index (χ3n) is 2.34. The number of carbonyl (C=O) groups excluding carboxylic acids is 2. The number of anilines is 1. The molecule has 0 aliphatic rings. The van der Waals surface area contributed by atoms with E-state index in [9.17, 15) is 9.59 Å². The smallest absolute Gasteiger partial charge is 0.251 e. The Kier molecular flexibility index (Phi) is 6.63. The fraction of sp³-hybridized carbons (Fsp3) is 0.231. The second kappa shape index (κ2) is 8.48. The second-order valence-corrected chi connectivity index (χ2v) is 8.78. The average molecular weight is 387 g/mol. The zero-order valence-electron chi connectivity index (χ0n) is 12.2. The second-order valence-electron chi connectivity index (χ2n) is 4.44. The number of hydrogen-bond donors (Lipinski definition) is 2. The lowest BCUT2D eigenvalue weighted by molar-refractivity contribution is -0.113. The van der Waals surface area contributed by atoms with Crippen molar-refractivity contribution in [3.63, 3.8) is 0 Å². The highest BCUT2D eigenvalue weighted by molar-refractivity contribution is 8.03. The van der Waals surface area contributed by atoms with Crippen LogP contribution in [0, 0.1) is 0 Å². The van der Waals surface area contributed by atoms with Crippen LogP contribution < -0.4 is 11.1 Å². The number of nitrogens with one attached hydrogen (secondary N) is 1. The van der Waals surface area contributed by atoms with Crippen molar-refractivity contribution in [2.24, 2.45) is 5.73 Å². The van der Waals surface area contributed by atoms with Crippen LogP contribution in [0.4, 0.5) is 5.00 Å². The number of amides is 2. The molecule has 0 unspecified atom stereocenters. The number of aromatic nitrogens is 2. The summed E-state index contributed by atoms with van der Waals surface area (Å²) >= 11 is 5.59. The lowest BCUT2D eigenvalue weighted by atomic mass is 10.3. The summed E-state index contributed by atoms with van der Waals surface area (Å²) in [7, 11) is 0. The normalized spacial score (nSPS) is 10.5. The Bertz CT molecular complexity index is 725. The number of nitrogens with zero attached hydrogens (tertiary/aromatic N) is 2. The maximum Gasteiger partial charge on any atom is 0.251 e. The summed E-state index contributed by atoms with van der Waals surface area (Å²) < 4.78 is 1.58. The van der Waals surface area contributed by atoms with Gasteiger partial charge in [0.25, 0.3) is 5.91 Å². The maximum absolute atomic E-state index is 11.9. The average Bonchev–Trinajstić information content (AvgIpc) is 3.11. The Hall–Kier alpha value is -1.36. The lowest BCUT2D eigenvalue weighted by Gasteiger charge is -2.03. The molecule has 23 heavy (non-hydrogen) atoms. The van der Waals surface area contributed by atoms with E-state index < -0.39 is 5.91 Å². The highest BCUT2D eigenvalue weighted by atomic mass is 32.2. The number of thiophene rings is 1. The highest BCUT2D eigenvalue weighted by Gasteiger charge is 2.13. The molecule has 0 aromatic carbocycles. The topological polar surface area (TPSA) is 98.0 Å². The number of thioether (sulfide) groups is 2. The molecule has 122 valence electrons. The van der Waals surface area contributed by atoms with Crippen LogP contribution in [0.15, 0.2) is 32.3 Å². The Morgan fingerprint density at radius 3 is 2.57 bits per heavy atom. The minimum absolute atomic E-state index is 0.190. The van der Waals surface area contributed by atoms with Crippen LogP contribution in [0.3, 0.4) is 0 Å². The van der Waals surface area contributed by atoms with E-state index in [1.54, 1.807) is 23.2 Å². The standard InChI is InChI=1S/C13H14N4O2S4/c1-7(2)5-21-12-16-17-13(23-12)22-6-9(18)15-11-8(10(14)19)3-4-20-11/h3-4H,1,5-6H2,2H3,(H2,14,19)(H,15,18). The van der Waals surface area contributed by atoms with Crippen LogP contribution in [0.25, 0.3) is 0 Å². The Morgan fingerprint density at radius 1 is 1.30 bits per heavy atom. The fourth-order valence-corrected chi connectivity index (χ4v) is 4.86. The third-order valence-corrected chi connectivity index (χ3v) is 6.59. The first-order valence-corrected chi connectivity index (χ1v) is 10.0. The summed E-state index contributed by atoms with van der Waals surface area (Å²) in [4.78, 5) is 23.1. The van der Waals surface area contributed by atoms with Gasteiger partial charge in [0.1, 0.15) is 5.00 Å². The minimum Gasteiger partial charge on any atom is -0.366 e. The van der Waals surface area contributed by atoms with Crippen molar-refractivity contribution in [2.75, 3.05) is 16.8 Å². The monoisotopic (exact) mass is 386 g/mol. The molecule has 0 fully saturated rings. The van der Waals surface area contributed by atoms with Gasteiger partial charge in [-0.25, -0.2) is 0 Å². The van der Waals surface area contributed by atoms with Gasteiger partial charge in [0, 0.05) is 5.75 Å². The molecule has 0 saturated heterocycles. The molecule has 0 aliphatic heterocycles. The number of carbonyl (C=O) groups is 2. The molecular formula is C13H14N4O2S4. The van der Waals surface area contributed by atoms with Crippen LogP contribution in [-0.4, -0.2) is 33.5 Å². The van der Waals surface area contributed by atoms with E-state index in [0.717, 1.165) is 20.0 Å². The molecule has 0 atom stereocenters. The fourth-order valence-electron chi connectivity index (χ4n) is 1.39. The van der Waals surface area contributed by atoms with E-state index in [-0.39, 0.29) is 11.7 Å². The third kappa shape index (κ3) is 5.65. The Labute approximate surface area is 150 Å². The molecule has 0 saturated carbocycles. The highest BCUT2D eigenvalue weighted by Crippen LogP contribution is 2.30. The summed E-state index contributed by atoms with van der Waals surface area (Å²) in [5, 5.41) is 13.0. The van der Waals surface area contributed by atoms with Crippen molar-refractivity contribution in [3.8, 4) is 0 Å². The van der Waals surface area contributed by atoms with Gasteiger partial charge in [-0.05, 0) is 18.4 Å². The summed E-state index contributed by atoms with van der Waals surface area (Å²) in [6, 6.07) is 1.59. The first kappa shape index (κ1) is 18.0. The van der Waals surface area contributed by atoms with Gasteiger partial charge in [-0.1, -0.05) is 47.0 Å². The van der Waals surface area contributed by atoms with E-state index >= 15 is 0 Å². The minimum atomic E-state index is -0.558. The van der Waals surface area contributed by atoms with E-state index in [2.05, 4.69) is 22.1 Å². The molecule has 2 aromatic rings. The predicted octanol–water partition coefficient (Wildman–Crippen LogP) is 3.10. The molecule has 10 heteroatoms. The molecule has 2 heterocycles. The van der Waals surface area contributed by atoms with Crippen molar-refractivity contribution in [2.45, 2.75) is 15.6 Å². The van der Waals surface area contributed by atoms with Gasteiger partial charge in [0.15, 0.2) is 8.68 Å². The number of nitrogens with two attached hydrogens (primary N) is 1. The molecule has 0 bridgehead atoms. The zero-order valence-corrected chi connectivity index (χ0v) is 15.5. The SMILES string of the molecule is C=C(C)CSc1nnc(SCC(=O)Nc2sccc2C(N)=O)s1. The summed E-state index contributed by atoms with van der Waals surface area (Å²) in [5.41, 5.74) is 6.63. The van der Waals surface area contributed by atoms with Crippen molar-refractivity contribution < 1.29 is 9.59 Å². The van der Waals surface area contributed by atoms with Crippen molar-refractivity contribution in [1.29, 1.82) is 0 Å². The van der Waals surface area contributed by atoms with E-state index in [0.29, 0.717) is 10.6 Å².